The molecule has 2 amide bonds. The zero-order valence-electron chi connectivity index (χ0n) is 14.4. The second kappa shape index (κ2) is 7.94. The predicted molar refractivity (Wildman–Crippen MR) is 97.2 cm³/mol. The van der Waals surface area contributed by atoms with E-state index < -0.39 is 0 Å². The van der Waals surface area contributed by atoms with Gasteiger partial charge in [-0.3, -0.25) is 9.59 Å². The summed E-state index contributed by atoms with van der Waals surface area (Å²) in [4.78, 5) is 29.0. The molecule has 0 aliphatic carbocycles. The van der Waals surface area contributed by atoms with Crippen LogP contribution >= 0.6 is 0 Å². The highest BCUT2D eigenvalue weighted by Gasteiger charge is 2.30. The summed E-state index contributed by atoms with van der Waals surface area (Å²) >= 11 is 0. The van der Waals surface area contributed by atoms with Crippen LogP contribution in [0.15, 0.2) is 60.7 Å². The fraction of sp³-hybridized carbons (Fsp3) is 0.300. The topological polar surface area (TPSA) is 52.6 Å². The minimum Gasteiger partial charge on any atom is -0.343 e. The fourth-order valence-corrected chi connectivity index (χ4v) is 3.13. The number of carbonyl (C=O) groups excluding carboxylic acids is 2. The summed E-state index contributed by atoms with van der Waals surface area (Å²) in [6.07, 6.45) is 0. The van der Waals surface area contributed by atoms with Gasteiger partial charge in [0.1, 0.15) is 0 Å². The molecule has 1 heterocycles. The highest BCUT2D eigenvalue weighted by Crippen LogP contribution is 2.24. The number of carbonyl (C=O) groups is 2. The number of rotatable bonds is 4. The van der Waals surface area contributed by atoms with Crippen molar-refractivity contribution in [3.63, 3.8) is 0 Å². The van der Waals surface area contributed by atoms with E-state index in [0.29, 0.717) is 12.1 Å². The van der Waals surface area contributed by atoms with Gasteiger partial charge < -0.3 is 15.1 Å². The van der Waals surface area contributed by atoms with Crippen molar-refractivity contribution in [3.8, 4) is 0 Å². The molecule has 5 nitrogen and oxygen atoms in total. The van der Waals surface area contributed by atoms with E-state index in [-0.39, 0.29) is 24.4 Å². The third-order valence-corrected chi connectivity index (χ3v) is 4.52. The molecule has 1 saturated heterocycles. The predicted octanol–water partition coefficient (Wildman–Crippen LogP) is 1.93. The van der Waals surface area contributed by atoms with Crippen molar-refractivity contribution in [2.75, 3.05) is 33.2 Å². The number of nitrogens with zero attached hydrogens (tertiary/aromatic N) is 2. The summed E-state index contributed by atoms with van der Waals surface area (Å²) in [5.41, 5.74) is 1.69. The molecule has 0 saturated carbocycles. The van der Waals surface area contributed by atoms with Crippen molar-refractivity contribution in [2.24, 2.45) is 0 Å². The molecule has 5 heteroatoms. The van der Waals surface area contributed by atoms with Gasteiger partial charge in [0.15, 0.2) is 0 Å². The molecule has 0 radical (unpaired) electrons. The van der Waals surface area contributed by atoms with Gasteiger partial charge in [0.05, 0.1) is 12.6 Å². The van der Waals surface area contributed by atoms with Crippen LogP contribution in [0.3, 0.4) is 0 Å². The number of hydrogen-bond donors (Lipinski definition) is 1. The molecule has 0 bridgehead atoms. The maximum Gasteiger partial charge on any atom is 0.251 e. The Bertz CT molecular complexity index is 718. The van der Waals surface area contributed by atoms with E-state index in [4.69, 9.17) is 0 Å². The van der Waals surface area contributed by atoms with Gasteiger partial charge in [-0.05, 0) is 24.7 Å². The standard InChI is InChI=1S/C20H23N3O2/c1-22-12-13-23(18(15-22)16-8-4-2-5-9-16)19(24)14-21-20(25)17-10-6-3-7-11-17/h2-11,18H,12-15H2,1H3,(H,21,25). The van der Waals surface area contributed by atoms with Crippen LogP contribution in [0.1, 0.15) is 22.0 Å². The zero-order chi connectivity index (χ0) is 17.6. The Morgan fingerprint density at radius 3 is 2.32 bits per heavy atom. The highest BCUT2D eigenvalue weighted by atomic mass is 16.2. The first-order valence-electron chi connectivity index (χ1n) is 8.51. The Morgan fingerprint density at radius 1 is 1.00 bits per heavy atom. The second-order valence-corrected chi connectivity index (χ2v) is 6.32. The molecule has 130 valence electrons. The van der Waals surface area contributed by atoms with Crippen molar-refractivity contribution >= 4 is 11.8 Å². The van der Waals surface area contributed by atoms with E-state index in [2.05, 4.69) is 17.3 Å². The van der Waals surface area contributed by atoms with E-state index in [9.17, 15) is 9.59 Å². The largest absolute Gasteiger partial charge is 0.343 e. The Balaban J connectivity index is 1.66. The number of likely N-dealkylation sites (N-methyl/N-ethyl adjacent to an activating group) is 1. The lowest BCUT2D eigenvalue weighted by atomic mass is 10.0. The van der Waals surface area contributed by atoms with Gasteiger partial charge in [-0.2, -0.15) is 0 Å². The summed E-state index contributed by atoms with van der Waals surface area (Å²) in [5.74, 6) is -0.273. The molecular weight excluding hydrogens is 314 g/mol. The lowest BCUT2D eigenvalue weighted by Crippen LogP contribution is -2.51. The van der Waals surface area contributed by atoms with E-state index in [1.807, 2.05) is 53.4 Å². The van der Waals surface area contributed by atoms with Gasteiger partial charge in [0.2, 0.25) is 5.91 Å². The third kappa shape index (κ3) is 4.25. The summed E-state index contributed by atoms with van der Waals surface area (Å²) < 4.78 is 0. The normalized spacial score (nSPS) is 18.0. The maximum absolute atomic E-state index is 12.7. The summed E-state index contributed by atoms with van der Waals surface area (Å²) in [6, 6.07) is 19.0. The van der Waals surface area contributed by atoms with Gasteiger partial charge in [-0.15, -0.1) is 0 Å². The average Bonchev–Trinajstić information content (AvgIpc) is 2.67. The van der Waals surface area contributed by atoms with Crippen molar-refractivity contribution in [1.82, 2.24) is 15.1 Å². The monoisotopic (exact) mass is 337 g/mol. The van der Waals surface area contributed by atoms with Crippen LogP contribution < -0.4 is 5.32 Å². The Morgan fingerprint density at radius 2 is 1.64 bits per heavy atom. The first-order chi connectivity index (χ1) is 12.1. The van der Waals surface area contributed by atoms with E-state index >= 15 is 0 Å². The molecule has 25 heavy (non-hydrogen) atoms. The van der Waals surface area contributed by atoms with Crippen LogP contribution in [0.5, 0.6) is 0 Å². The third-order valence-electron chi connectivity index (χ3n) is 4.52. The number of amides is 2. The van der Waals surface area contributed by atoms with Crippen LogP contribution in [-0.4, -0.2) is 54.8 Å². The molecule has 0 aromatic heterocycles. The second-order valence-electron chi connectivity index (χ2n) is 6.32. The van der Waals surface area contributed by atoms with E-state index in [0.717, 1.165) is 18.7 Å². The van der Waals surface area contributed by atoms with Gasteiger partial charge in [0, 0.05) is 25.2 Å². The molecule has 3 rings (SSSR count). The Kier molecular flexibility index (Phi) is 5.46. The Labute approximate surface area is 148 Å². The SMILES string of the molecule is CN1CCN(C(=O)CNC(=O)c2ccccc2)C(c2ccccc2)C1. The van der Waals surface area contributed by atoms with Crippen molar-refractivity contribution < 1.29 is 9.59 Å². The Hall–Kier alpha value is -2.66. The maximum atomic E-state index is 12.7. The lowest BCUT2D eigenvalue weighted by molar-refractivity contribution is -0.135. The fourth-order valence-electron chi connectivity index (χ4n) is 3.13. The molecule has 1 atom stereocenters. The number of nitrogens with one attached hydrogen (secondary N) is 1. The molecule has 2 aromatic carbocycles. The first-order valence-corrected chi connectivity index (χ1v) is 8.51. The van der Waals surface area contributed by atoms with Crippen LogP contribution in [0.25, 0.3) is 0 Å². The smallest absolute Gasteiger partial charge is 0.251 e. The van der Waals surface area contributed by atoms with Crippen LogP contribution in [0, 0.1) is 0 Å². The first kappa shape index (κ1) is 17.2. The molecule has 1 N–H and O–H groups in total. The van der Waals surface area contributed by atoms with E-state index in [1.165, 1.54) is 0 Å². The molecule has 2 aromatic rings. The number of piperazine rings is 1. The zero-order valence-corrected chi connectivity index (χ0v) is 14.4. The van der Waals surface area contributed by atoms with Gasteiger partial charge in [0.25, 0.3) is 5.91 Å². The van der Waals surface area contributed by atoms with Gasteiger partial charge in [-0.25, -0.2) is 0 Å². The molecular formula is C20H23N3O2. The van der Waals surface area contributed by atoms with Gasteiger partial charge in [-0.1, -0.05) is 48.5 Å². The van der Waals surface area contributed by atoms with Crippen LogP contribution in [0.2, 0.25) is 0 Å². The molecule has 1 aliphatic heterocycles. The molecule has 0 spiro atoms. The number of benzene rings is 2. The summed E-state index contributed by atoms with van der Waals surface area (Å²) in [7, 11) is 2.06. The van der Waals surface area contributed by atoms with Gasteiger partial charge >= 0.3 is 0 Å². The minimum atomic E-state index is -0.223. The molecule has 1 unspecified atom stereocenters. The van der Waals surface area contributed by atoms with Crippen LogP contribution in [-0.2, 0) is 4.79 Å². The van der Waals surface area contributed by atoms with Crippen LogP contribution in [0.4, 0.5) is 0 Å². The minimum absolute atomic E-state index is 0.0147. The number of hydrogen-bond acceptors (Lipinski definition) is 3. The average molecular weight is 337 g/mol. The quantitative estimate of drug-likeness (QED) is 0.927. The van der Waals surface area contributed by atoms with Crippen molar-refractivity contribution in [3.05, 3.63) is 71.8 Å². The van der Waals surface area contributed by atoms with Crippen molar-refractivity contribution in [1.29, 1.82) is 0 Å². The molecule has 1 aliphatic rings. The highest BCUT2D eigenvalue weighted by molar-refractivity contribution is 5.96. The summed E-state index contributed by atoms with van der Waals surface area (Å²) in [5, 5.41) is 2.74. The summed E-state index contributed by atoms with van der Waals surface area (Å²) in [6.45, 7) is 2.31. The molecule has 1 fully saturated rings. The van der Waals surface area contributed by atoms with Crippen molar-refractivity contribution in [2.45, 2.75) is 6.04 Å². The lowest BCUT2D eigenvalue weighted by Gasteiger charge is -2.40. The van der Waals surface area contributed by atoms with E-state index in [1.54, 1.807) is 12.1 Å².